The fourth-order valence-electron chi connectivity index (χ4n) is 2.40. The Balaban J connectivity index is 3.12. The van der Waals surface area contributed by atoms with Crippen LogP contribution in [0.25, 0.3) is 0 Å². The number of benzene rings is 1. The molecule has 4 nitrogen and oxygen atoms in total. The molecule has 0 radical (unpaired) electrons. The molecule has 1 N–H and O–H groups in total. The number of nitrogens with zero attached hydrogens (tertiary/aromatic N) is 1. The third-order valence-electron chi connectivity index (χ3n) is 3.84. The van der Waals surface area contributed by atoms with Crippen LogP contribution in [0.15, 0.2) is 29.2 Å². The number of nitrogens with one attached hydrogen (secondary N) is 1. The van der Waals surface area contributed by atoms with Gasteiger partial charge in [-0.25, -0.2) is 8.42 Å². The first-order valence-electron chi connectivity index (χ1n) is 7.84. The zero-order chi connectivity index (χ0) is 15.9. The first-order chi connectivity index (χ1) is 10.0. The Kier molecular flexibility index (Phi) is 7.18. The van der Waals surface area contributed by atoms with E-state index in [1.807, 2.05) is 26.0 Å². The van der Waals surface area contributed by atoms with Gasteiger partial charge in [0.05, 0.1) is 5.69 Å². The van der Waals surface area contributed by atoms with Gasteiger partial charge in [-0.05, 0) is 25.0 Å². The summed E-state index contributed by atoms with van der Waals surface area (Å²) < 4.78 is 27.4. The summed E-state index contributed by atoms with van der Waals surface area (Å²) in [6.45, 7) is 9.88. The second kappa shape index (κ2) is 8.39. The Hall–Kier alpha value is -1.07. The minimum atomic E-state index is -3.45. The average Bonchev–Trinajstić information content (AvgIpc) is 2.49. The summed E-state index contributed by atoms with van der Waals surface area (Å²) in [7, 11) is -3.45. The molecule has 0 saturated carbocycles. The molecule has 0 unspecified atom stereocenters. The number of rotatable bonds is 9. The van der Waals surface area contributed by atoms with E-state index < -0.39 is 10.0 Å². The highest BCUT2D eigenvalue weighted by atomic mass is 32.2. The third-order valence-corrected chi connectivity index (χ3v) is 5.84. The number of hydrogen-bond donors (Lipinski definition) is 1. The molecule has 1 aromatic carbocycles. The molecule has 120 valence electrons. The molecule has 0 saturated heterocycles. The summed E-state index contributed by atoms with van der Waals surface area (Å²) in [5.41, 5.74) is 0.683. The van der Waals surface area contributed by atoms with Crippen molar-refractivity contribution in [2.24, 2.45) is 5.92 Å². The van der Waals surface area contributed by atoms with Crippen LogP contribution in [0.3, 0.4) is 0 Å². The van der Waals surface area contributed by atoms with Crippen molar-refractivity contribution in [3.8, 4) is 0 Å². The van der Waals surface area contributed by atoms with Crippen LogP contribution in [-0.4, -0.2) is 32.4 Å². The highest BCUT2D eigenvalue weighted by Gasteiger charge is 2.27. The van der Waals surface area contributed by atoms with Crippen molar-refractivity contribution in [2.75, 3.05) is 25.0 Å². The minimum absolute atomic E-state index is 0.375. The maximum absolute atomic E-state index is 12.9. The third kappa shape index (κ3) is 4.45. The van der Waals surface area contributed by atoms with E-state index in [2.05, 4.69) is 19.2 Å². The zero-order valence-corrected chi connectivity index (χ0v) is 14.4. The van der Waals surface area contributed by atoms with E-state index >= 15 is 0 Å². The van der Waals surface area contributed by atoms with Crippen LogP contribution in [0.2, 0.25) is 0 Å². The molecule has 0 spiro atoms. The molecule has 5 heteroatoms. The molecule has 0 fully saturated rings. The molecule has 0 aliphatic heterocycles. The van der Waals surface area contributed by atoms with Gasteiger partial charge in [0.2, 0.25) is 10.0 Å². The van der Waals surface area contributed by atoms with Crippen molar-refractivity contribution >= 4 is 15.7 Å². The predicted octanol–water partition coefficient (Wildman–Crippen LogP) is 3.57. The molecular formula is C16H28N2O2S. The SMILES string of the molecule is CCNc1ccccc1S(=O)(=O)N(CC)CC(CC)CC. The summed E-state index contributed by atoms with van der Waals surface area (Å²) in [4.78, 5) is 0.375. The first-order valence-corrected chi connectivity index (χ1v) is 9.28. The van der Waals surface area contributed by atoms with Crippen molar-refractivity contribution < 1.29 is 8.42 Å². The number of hydrogen-bond acceptors (Lipinski definition) is 3. The Labute approximate surface area is 129 Å². The molecule has 0 aliphatic carbocycles. The van der Waals surface area contributed by atoms with Gasteiger partial charge in [-0.2, -0.15) is 4.31 Å². The lowest BCUT2D eigenvalue weighted by atomic mass is 10.0. The zero-order valence-electron chi connectivity index (χ0n) is 13.6. The smallest absolute Gasteiger partial charge is 0.245 e. The molecule has 0 heterocycles. The second-order valence-electron chi connectivity index (χ2n) is 5.16. The molecule has 0 bridgehead atoms. The van der Waals surface area contributed by atoms with Crippen molar-refractivity contribution in [1.29, 1.82) is 0 Å². The van der Waals surface area contributed by atoms with E-state index in [9.17, 15) is 8.42 Å². The monoisotopic (exact) mass is 312 g/mol. The van der Waals surface area contributed by atoms with Crippen LogP contribution in [0.1, 0.15) is 40.5 Å². The average molecular weight is 312 g/mol. The first kappa shape index (κ1) is 18.0. The van der Waals surface area contributed by atoms with Crippen molar-refractivity contribution in [3.05, 3.63) is 24.3 Å². The maximum atomic E-state index is 12.9. The van der Waals surface area contributed by atoms with Crippen LogP contribution in [0.5, 0.6) is 0 Å². The predicted molar refractivity (Wildman–Crippen MR) is 89.1 cm³/mol. The lowest BCUT2D eigenvalue weighted by Gasteiger charge is -2.26. The summed E-state index contributed by atoms with van der Waals surface area (Å²) in [5, 5.41) is 3.14. The summed E-state index contributed by atoms with van der Waals surface area (Å²) >= 11 is 0. The second-order valence-corrected chi connectivity index (χ2v) is 7.07. The summed E-state index contributed by atoms with van der Waals surface area (Å²) in [6.07, 6.45) is 1.99. The van der Waals surface area contributed by atoms with E-state index in [1.54, 1.807) is 16.4 Å². The molecule has 1 aromatic rings. The van der Waals surface area contributed by atoms with Crippen LogP contribution in [-0.2, 0) is 10.0 Å². The highest BCUT2D eigenvalue weighted by Crippen LogP contribution is 2.25. The summed E-state index contributed by atoms with van der Waals surface area (Å²) in [5.74, 6) is 0.408. The Bertz CT molecular complexity index is 525. The molecule has 0 aliphatic rings. The van der Waals surface area contributed by atoms with Crippen LogP contribution in [0, 0.1) is 5.92 Å². The van der Waals surface area contributed by atoms with Gasteiger partial charge in [-0.3, -0.25) is 0 Å². The van der Waals surface area contributed by atoms with Gasteiger partial charge in [0.15, 0.2) is 0 Å². The largest absolute Gasteiger partial charge is 0.384 e. The quantitative estimate of drug-likeness (QED) is 0.758. The van der Waals surface area contributed by atoms with E-state index in [-0.39, 0.29) is 0 Å². The van der Waals surface area contributed by atoms with E-state index in [4.69, 9.17) is 0 Å². The number of sulfonamides is 1. The van der Waals surface area contributed by atoms with Crippen molar-refractivity contribution in [1.82, 2.24) is 4.31 Å². The Morgan fingerprint density at radius 1 is 1.10 bits per heavy atom. The van der Waals surface area contributed by atoms with Crippen molar-refractivity contribution in [3.63, 3.8) is 0 Å². The minimum Gasteiger partial charge on any atom is -0.384 e. The lowest BCUT2D eigenvalue weighted by Crippen LogP contribution is -2.35. The van der Waals surface area contributed by atoms with Crippen LogP contribution in [0.4, 0.5) is 5.69 Å². The van der Waals surface area contributed by atoms with Gasteiger partial charge < -0.3 is 5.32 Å². The van der Waals surface area contributed by atoms with Gasteiger partial charge in [0.1, 0.15) is 4.90 Å². The standard InChI is InChI=1S/C16H28N2O2S/c1-5-14(6-2)13-18(8-4)21(19,20)16-12-10-9-11-15(16)17-7-3/h9-12,14,17H,5-8,13H2,1-4H3. The molecular weight excluding hydrogens is 284 g/mol. The summed E-state index contributed by atoms with van der Waals surface area (Å²) in [6, 6.07) is 7.14. The maximum Gasteiger partial charge on any atom is 0.245 e. The van der Waals surface area contributed by atoms with Gasteiger partial charge in [0.25, 0.3) is 0 Å². The van der Waals surface area contributed by atoms with Gasteiger partial charge in [0, 0.05) is 19.6 Å². The molecule has 1 rings (SSSR count). The normalized spacial score (nSPS) is 12.1. The molecule has 0 aromatic heterocycles. The van der Waals surface area contributed by atoms with Gasteiger partial charge in [-0.1, -0.05) is 45.7 Å². The van der Waals surface area contributed by atoms with E-state index in [0.717, 1.165) is 12.8 Å². The Morgan fingerprint density at radius 3 is 2.24 bits per heavy atom. The number of para-hydroxylation sites is 1. The number of anilines is 1. The van der Waals surface area contributed by atoms with Crippen LogP contribution < -0.4 is 5.32 Å². The molecule has 0 amide bonds. The topological polar surface area (TPSA) is 49.4 Å². The highest BCUT2D eigenvalue weighted by molar-refractivity contribution is 7.89. The fourth-order valence-corrected chi connectivity index (χ4v) is 4.09. The Morgan fingerprint density at radius 2 is 1.71 bits per heavy atom. The van der Waals surface area contributed by atoms with Crippen molar-refractivity contribution in [2.45, 2.75) is 45.4 Å². The van der Waals surface area contributed by atoms with Gasteiger partial charge in [-0.15, -0.1) is 0 Å². The van der Waals surface area contributed by atoms with E-state index in [1.165, 1.54) is 0 Å². The lowest BCUT2D eigenvalue weighted by molar-refractivity contribution is 0.339. The van der Waals surface area contributed by atoms with Gasteiger partial charge >= 0.3 is 0 Å². The van der Waals surface area contributed by atoms with Crippen LogP contribution >= 0.6 is 0 Å². The molecule has 21 heavy (non-hydrogen) atoms. The van der Waals surface area contributed by atoms with E-state index in [0.29, 0.717) is 36.1 Å². The molecule has 0 atom stereocenters. The fraction of sp³-hybridized carbons (Fsp3) is 0.625.